The maximum absolute atomic E-state index is 5.85. The van der Waals surface area contributed by atoms with Crippen molar-refractivity contribution in [3.8, 4) is 0 Å². The Hall–Kier alpha value is -3.16. The molecule has 0 radical (unpaired) electrons. The van der Waals surface area contributed by atoms with E-state index < -0.39 is 0 Å². The van der Waals surface area contributed by atoms with Crippen molar-refractivity contribution in [3.63, 3.8) is 0 Å². The van der Waals surface area contributed by atoms with Crippen molar-refractivity contribution in [1.29, 1.82) is 0 Å². The Bertz CT molecular complexity index is 712. The number of benzene rings is 1. The van der Waals surface area contributed by atoms with Crippen molar-refractivity contribution >= 4 is 29.2 Å². The van der Waals surface area contributed by atoms with Crippen LogP contribution in [0.4, 0.5) is 17.3 Å². The van der Waals surface area contributed by atoms with Gasteiger partial charge in [-0.25, -0.2) is 9.97 Å². The lowest BCUT2D eigenvalue weighted by atomic mass is 10.1. The lowest BCUT2D eigenvalue weighted by Crippen LogP contribution is -2.05. The van der Waals surface area contributed by atoms with Gasteiger partial charge in [0.15, 0.2) is 0 Å². The molecule has 0 spiro atoms. The summed E-state index contributed by atoms with van der Waals surface area (Å²) >= 11 is 0. The summed E-state index contributed by atoms with van der Waals surface area (Å²) in [7, 11) is 2.97. The third kappa shape index (κ3) is 4.16. The molecule has 0 fully saturated rings. The largest absolute Gasteiger partial charge is 0.399 e. The number of aromatic nitrogens is 2. The first kappa shape index (κ1) is 16.2. The average molecular weight is 314 g/mol. The molecule has 120 valence electrons. The van der Waals surface area contributed by atoms with Crippen LogP contribution in [-0.2, 0) is 9.68 Å². The standard InChI is InChI=1S/C15H18N6O2/c1-10(21-23-3)11-4-6-12(7-5-11)20-15-13(8-19-22-2)14(16)17-9-18-15/h4-9H,1-3H3,(H3,16,17,18,20)/b19-8+,21-10+. The molecule has 2 aromatic rings. The maximum atomic E-state index is 5.85. The number of nitrogens with zero attached hydrogens (tertiary/aromatic N) is 4. The molecule has 0 bridgehead atoms. The van der Waals surface area contributed by atoms with Gasteiger partial charge in [-0.15, -0.1) is 0 Å². The van der Waals surface area contributed by atoms with Gasteiger partial charge in [-0.1, -0.05) is 22.4 Å². The number of nitrogen functional groups attached to an aromatic ring is 1. The first-order valence-corrected chi connectivity index (χ1v) is 6.78. The van der Waals surface area contributed by atoms with Crippen LogP contribution in [-0.4, -0.2) is 36.1 Å². The van der Waals surface area contributed by atoms with E-state index in [2.05, 4.69) is 30.4 Å². The summed E-state index contributed by atoms with van der Waals surface area (Å²) in [5, 5.41) is 10.8. The summed E-state index contributed by atoms with van der Waals surface area (Å²) in [4.78, 5) is 17.6. The summed E-state index contributed by atoms with van der Waals surface area (Å²) in [6.45, 7) is 1.87. The quantitative estimate of drug-likeness (QED) is 0.625. The van der Waals surface area contributed by atoms with Crippen LogP contribution >= 0.6 is 0 Å². The van der Waals surface area contributed by atoms with Gasteiger partial charge in [0, 0.05) is 5.69 Å². The molecule has 3 N–H and O–H groups in total. The van der Waals surface area contributed by atoms with Crippen LogP contribution in [0.1, 0.15) is 18.1 Å². The Morgan fingerprint density at radius 2 is 1.91 bits per heavy atom. The molecule has 23 heavy (non-hydrogen) atoms. The number of nitrogens with one attached hydrogen (secondary N) is 1. The van der Waals surface area contributed by atoms with Gasteiger partial charge in [-0.3, -0.25) is 0 Å². The zero-order chi connectivity index (χ0) is 16.7. The van der Waals surface area contributed by atoms with E-state index in [1.807, 2.05) is 31.2 Å². The van der Waals surface area contributed by atoms with E-state index in [9.17, 15) is 0 Å². The van der Waals surface area contributed by atoms with Gasteiger partial charge in [0.2, 0.25) is 0 Å². The zero-order valence-electron chi connectivity index (χ0n) is 13.1. The van der Waals surface area contributed by atoms with E-state index in [0.717, 1.165) is 17.0 Å². The third-order valence-electron chi connectivity index (χ3n) is 3.00. The lowest BCUT2D eigenvalue weighted by Gasteiger charge is -2.10. The van der Waals surface area contributed by atoms with E-state index in [0.29, 0.717) is 17.2 Å². The summed E-state index contributed by atoms with van der Waals surface area (Å²) < 4.78 is 0. The van der Waals surface area contributed by atoms with E-state index in [1.54, 1.807) is 0 Å². The minimum Gasteiger partial charge on any atom is -0.399 e. The minimum absolute atomic E-state index is 0.308. The molecular weight excluding hydrogens is 296 g/mol. The van der Waals surface area contributed by atoms with E-state index in [1.165, 1.54) is 26.8 Å². The fourth-order valence-electron chi connectivity index (χ4n) is 1.86. The molecule has 0 aliphatic heterocycles. The molecule has 1 aromatic carbocycles. The first-order valence-electron chi connectivity index (χ1n) is 6.78. The molecular formula is C15H18N6O2. The highest BCUT2D eigenvalue weighted by Gasteiger charge is 2.08. The topological polar surface area (TPSA) is 107 Å². The smallest absolute Gasteiger partial charge is 0.144 e. The van der Waals surface area contributed by atoms with Crippen LogP contribution in [0, 0.1) is 0 Å². The predicted molar refractivity (Wildman–Crippen MR) is 90.0 cm³/mol. The van der Waals surface area contributed by atoms with Gasteiger partial charge in [-0.05, 0) is 24.6 Å². The average Bonchev–Trinajstić information content (AvgIpc) is 2.55. The van der Waals surface area contributed by atoms with Crippen molar-refractivity contribution in [1.82, 2.24) is 9.97 Å². The third-order valence-corrected chi connectivity index (χ3v) is 3.00. The van der Waals surface area contributed by atoms with E-state index in [-0.39, 0.29) is 0 Å². The predicted octanol–water partition coefficient (Wildman–Crippen LogP) is 2.15. The molecule has 1 aromatic heterocycles. The zero-order valence-corrected chi connectivity index (χ0v) is 13.1. The van der Waals surface area contributed by atoms with Crippen LogP contribution in [0.25, 0.3) is 0 Å². The fourth-order valence-corrected chi connectivity index (χ4v) is 1.86. The highest BCUT2D eigenvalue weighted by atomic mass is 16.6. The minimum atomic E-state index is 0.308. The van der Waals surface area contributed by atoms with Crippen molar-refractivity contribution in [2.45, 2.75) is 6.92 Å². The molecule has 0 saturated heterocycles. The van der Waals surface area contributed by atoms with Gasteiger partial charge < -0.3 is 20.7 Å². The number of nitrogens with two attached hydrogens (primary N) is 1. The normalized spacial score (nSPS) is 11.5. The first-order chi connectivity index (χ1) is 11.2. The molecule has 0 aliphatic rings. The second-order valence-electron chi connectivity index (χ2n) is 4.50. The Morgan fingerprint density at radius 1 is 1.17 bits per heavy atom. The molecule has 0 amide bonds. The van der Waals surface area contributed by atoms with Gasteiger partial charge >= 0.3 is 0 Å². The van der Waals surface area contributed by atoms with Crippen molar-refractivity contribution in [2.75, 3.05) is 25.3 Å². The second-order valence-corrected chi connectivity index (χ2v) is 4.50. The fraction of sp³-hybridized carbons (Fsp3) is 0.200. The number of rotatable bonds is 6. The highest BCUT2D eigenvalue weighted by Crippen LogP contribution is 2.20. The molecule has 1 heterocycles. The molecule has 8 nitrogen and oxygen atoms in total. The molecule has 0 unspecified atom stereocenters. The number of hydrogen-bond acceptors (Lipinski definition) is 8. The van der Waals surface area contributed by atoms with Crippen molar-refractivity contribution < 1.29 is 9.68 Å². The number of oxime groups is 2. The van der Waals surface area contributed by atoms with Crippen LogP contribution in [0.15, 0.2) is 40.9 Å². The lowest BCUT2D eigenvalue weighted by molar-refractivity contribution is 0.213. The van der Waals surface area contributed by atoms with Crippen LogP contribution < -0.4 is 11.1 Å². The molecule has 8 heteroatoms. The van der Waals surface area contributed by atoms with Gasteiger partial charge in [0.25, 0.3) is 0 Å². The Balaban J connectivity index is 2.24. The van der Waals surface area contributed by atoms with Crippen molar-refractivity contribution in [2.24, 2.45) is 10.3 Å². The summed E-state index contributed by atoms with van der Waals surface area (Å²) in [6, 6.07) is 7.65. The van der Waals surface area contributed by atoms with E-state index >= 15 is 0 Å². The Morgan fingerprint density at radius 3 is 2.57 bits per heavy atom. The van der Waals surface area contributed by atoms with E-state index in [4.69, 9.17) is 10.6 Å². The SMILES string of the molecule is CO/N=C/c1c(N)ncnc1Nc1ccc(/C(C)=N/OC)cc1. The van der Waals surface area contributed by atoms with Crippen LogP contribution in [0.3, 0.4) is 0 Å². The van der Waals surface area contributed by atoms with Gasteiger partial charge in [0.05, 0.1) is 17.5 Å². The molecule has 0 atom stereocenters. The molecule has 0 aliphatic carbocycles. The molecule has 0 saturated carbocycles. The maximum Gasteiger partial charge on any atom is 0.144 e. The molecule has 2 rings (SSSR count). The number of anilines is 3. The monoisotopic (exact) mass is 314 g/mol. The van der Waals surface area contributed by atoms with Gasteiger partial charge in [-0.2, -0.15) is 0 Å². The van der Waals surface area contributed by atoms with Crippen LogP contribution in [0.5, 0.6) is 0 Å². The number of hydrogen-bond donors (Lipinski definition) is 2. The summed E-state index contributed by atoms with van der Waals surface area (Å²) in [5.74, 6) is 0.844. The Kier molecular flexibility index (Phi) is 5.45. The van der Waals surface area contributed by atoms with Crippen molar-refractivity contribution in [3.05, 3.63) is 41.7 Å². The van der Waals surface area contributed by atoms with Crippen LogP contribution in [0.2, 0.25) is 0 Å². The van der Waals surface area contributed by atoms with Gasteiger partial charge in [0.1, 0.15) is 32.2 Å². The summed E-state index contributed by atoms with van der Waals surface area (Å²) in [6.07, 6.45) is 2.84. The Labute approximate surface area is 134 Å². The summed E-state index contributed by atoms with van der Waals surface area (Å²) in [5.41, 5.74) is 8.98. The second kappa shape index (κ2) is 7.74. The highest BCUT2D eigenvalue weighted by molar-refractivity contribution is 5.98.